The number of hydrogen-bond acceptors (Lipinski definition) is 3. The third-order valence-electron chi connectivity index (χ3n) is 5.55. The van der Waals surface area contributed by atoms with Crippen molar-refractivity contribution in [3.05, 3.63) is 54.0 Å². The fraction of sp³-hybridized carbons (Fsp3) is 0.476. The topological polar surface area (TPSA) is 42.7 Å². The summed E-state index contributed by atoms with van der Waals surface area (Å²) in [6, 6.07) is 12.1. The molecule has 25 heavy (non-hydrogen) atoms. The van der Waals surface area contributed by atoms with Crippen LogP contribution in [0.4, 0.5) is 0 Å². The van der Waals surface area contributed by atoms with E-state index < -0.39 is 0 Å². The van der Waals surface area contributed by atoms with E-state index in [1.54, 1.807) is 13.4 Å². The third-order valence-corrected chi connectivity index (χ3v) is 5.55. The van der Waals surface area contributed by atoms with Gasteiger partial charge in [0.05, 0.1) is 19.4 Å². The second kappa shape index (κ2) is 6.95. The molecule has 2 aliphatic rings. The maximum absolute atomic E-state index is 13.2. The zero-order chi connectivity index (χ0) is 17.2. The Hall–Kier alpha value is -2.23. The number of para-hydroxylation sites is 1. The number of amides is 1. The lowest BCUT2D eigenvalue weighted by molar-refractivity contribution is -0.135. The summed E-state index contributed by atoms with van der Waals surface area (Å²) in [6.45, 7) is 0.833. The third kappa shape index (κ3) is 3.17. The molecular weight excluding hydrogens is 314 g/mol. The Morgan fingerprint density at radius 3 is 2.84 bits per heavy atom. The van der Waals surface area contributed by atoms with E-state index in [-0.39, 0.29) is 23.8 Å². The maximum Gasteiger partial charge on any atom is 0.226 e. The summed E-state index contributed by atoms with van der Waals surface area (Å²) in [4.78, 5) is 15.3. The summed E-state index contributed by atoms with van der Waals surface area (Å²) in [7, 11) is 1.69. The second-order valence-corrected chi connectivity index (χ2v) is 7.10. The van der Waals surface area contributed by atoms with Crippen molar-refractivity contribution in [2.24, 2.45) is 5.92 Å². The first-order valence-corrected chi connectivity index (χ1v) is 9.26. The highest BCUT2D eigenvalue weighted by Crippen LogP contribution is 2.52. The number of carbonyl (C=O) groups excluding carboxylic acids is 1. The number of carbonyl (C=O) groups is 1. The standard InChI is InChI=1S/C21H25NO3/c1-24-19-10-5-4-8-15(19)16-14-17(16)21(23)22-12-6-2-3-9-18(22)20-11-7-13-25-20/h4-5,7-8,10-11,13,16-18H,2-3,6,9,12,14H2,1H3/t16-,17-,18-/m0/s1. The van der Waals surface area contributed by atoms with Crippen molar-refractivity contribution < 1.29 is 13.9 Å². The fourth-order valence-electron chi connectivity index (χ4n) is 4.15. The molecule has 2 aromatic rings. The summed E-state index contributed by atoms with van der Waals surface area (Å²) >= 11 is 0. The molecule has 4 rings (SSSR count). The van der Waals surface area contributed by atoms with Crippen molar-refractivity contribution in [2.75, 3.05) is 13.7 Å². The summed E-state index contributed by atoms with van der Waals surface area (Å²) in [5.41, 5.74) is 1.16. The van der Waals surface area contributed by atoms with Crippen LogP contribution in [-0.2, 0) is 4.79 Å². The first-order chi connectivity index (χ1) is 12.3. The van der Waals surface area contributed by atoms with Gasteiger partial charge in [0.1, 0.15) is 11.5 Å². The largest absolute Gasteiger partial charge is 0.496 e. The number of furan rings is 1. The van der Waals surface area contributed by atoms with Gasteiger partial charge in [-0.05, 0) is 48.9 Å². The van der Waals surface area contributed by atoms with Crippen LogP contribution in [0.25, 0.3) is 0 Å². The van der Waals surface area contributed by atoms with Gasteiger partial charge in [-0.15, -0.1) is 0 Å². The molecule has 1 aromatic heterocycles. The van der Waals surface area contributed by atoms with Gasteiger partial charge in [-0.25, -0.2) is 0 Å². The first-order valence-electron chi connectivity index (χ1n) is 9.26. The van der Waals surface area contributed by atoms with Gasteiger partial charge in [-0.1, -0.05) is 31.0 Å². The molecule has 1 aromatic carbocycles. The Morgan fingerprint density at radius 1 is 1.16 bits per heavy atom. The molecule has 3 atom stereocenters. The normalized spacial score (nSPS) is 26.1. The Morgan fingerprint density at radius 2 is 2.04 bits per heavy atom. The van der Waals surface area contributed by atoms with Crippen LogP contribution < -0.4 is 4.74 Å². The molecule has 1 saturated carbocycles. The number of rotatable bonds is 4. The van der Waals surface area contributed by atoms with E-state index in [0.717, 1.165) is 49.3 Å². The molecule has 1 saturated heterocycles. The number of likely N-dealkylation sites (tertiary alicyclic amines) is 1. The minimum Gasteiger partial charge on any atom is -0.496 e. The van der Waals surface area contributed by atoms with E-state index >= 15 is 0 Å². The van der Waals surface area contributed by atoms with Gasteiger partial charge in [-0.3, -0.25) is 4.79 Å². The second-order valence-electron chi connectivity index (χ2n) is 7.10. The van der Waals surface area contributed by atoms with Gasteiger partial charge in [0, 0.05) is 12.5 Å². The van der Waals surface area contributed by atoms with Crippen molar-refractivity contribution in [2.45, 2.75) is 44.1 Å². The summed E-state index contributed by atoms with van der Waals surface area (Å²) in [6.07, 6.45) is 7.02. The van der Waals surface area contributed by atoms with Crippen LogP contribution in [0.5, 0.6) is 5.75 Å². The minimum atomic E-state index is 0.0758. The van der Waals surface area contributed by atoms with Crippen LogP contribution >= 0.6 is 0 Å². The van der Waals surface area contributed by atoms with Crippen molar-refractivity contribution in [3.63, 3.8) is 0 Å². The van der Waals surface area contributed by atoms with Crippen LogP contribution in [0.1, 0.15) is 55.4 Å². The summed E-state index contributed by atoms with van der Waals surface area (Å²) < 4.78 is 11.1. The van der Waals surface area contributed by atoms with Gasteiger partial charge in [-0.2, -0.15) is 0 Å². The predicted octanol–water partition coefficient (Wildman–Crippen LogP) is 4.54. The van der Waals surface area contributed by atoms with Crippen molar-refractivity contribution in [1.82, 2.24) is 4.90 Å². The molecule has 0 N–H and O–H groups in total. The number of methoxy groups -OCH3 is 1. The molecule has 2 heterocycles. The molecule has 1 amide bonds. The minimum absolute atomic E-state index is 0.0758. The molecule has 1 aliphatic heterocycles. The lowest BCUT2D eigenvalue weighted by Gasteiger charge is -2.29. The molecule has 0 unspecified atom stereocenters. The molecule has 4 heteroatoms. The molecule has 4 nitrogen and oxygen atoms in total. The van der Waals surface area contributed by atoms with Crippen LogP contribution in [0, 0.1) is 5.92 Å². The van der Waals surface area contributed by atoms with E-state index in [2.05, 4.69) is 11.0 Å². The number of ether oxygens (including phenoxy) is 1. The molecule has 132 valence electrons. The van der Waals surface area contributed by atoms with Crippen molar-refractivity contribution in [3.8, 4) is 5.75 Å². The average molecular weight is 339 g/mol. The van der Waals surface area contributed by atoms with Crippen molar-refractivity contribution in [1.29, 1.82) is 0 Å². The molecule has 1 aliphatic carbocycles. The average Bonchev–Trinajstić information content (AvgIpc) is 3.34. The SMILES string of the molecule is COc1ccccc1[C@@H]1C[C@@H]1C(=O)N1CCCCC[C@H]1c1ccco1. The zero-order valence-electron chi connectivity index (χ0n) is 14.7. The van der Waals surface area contributed by atoms with E-state index in [0.29, 0.717) is 0 Å². The molecule has 0 bridgehead atoms. The Labute approximate surface area is 148 Å². The lowest BCUT2D eigenvalue weighted by atomic mass is 10.1. The Kier molecular flexibility index (Phi) is 4.51. The van der Waals surface area contributed by atoms with Gasteiger partial charge in [0.25, 0.3) is 0 Å². The van der Waals surface area contributed by atoms with Crippen molar-refractivity contribution >= 4 is 5.91 Å². The zero-order valence-corrected chi connectivity index (χ0v) is 14.7. The van der Waals surface area contributed by atoms with Gasteiger partial charge in [0.2, 0.25) is 5.91 Å². The van der Waals surface area contributed by atoms with Crippen LogP contribution in [0.3, 0.4) is 0 Å². The van der Waals surface area contributed by atoms with E-state index in [1.165, 1.54) is 6.42 Å². The molecule has 0 spiro atoms. The van der Waals surface area contributed by atoms with E-state index in [9.17, 15) is 4.79 Å². The van der Waals surface area contributed by atoms with Crippen LogP contribution in [0.2, 0.25) is 0 Å². The van der Waals surface area contributed by atoms with E-state index in [4.69, 9.17) is 9.15 Å². The van der Waals surface area contributed by atoms with Crippen LogP contribution in [0.15, 0.2) is 47.1 Å². The number of benzene rings is 1. The van der Waals surface area contributed by atoms with Crippen LogP contribution in [-0.4, -0.2) is 24.5 Å². The predicted molar refractivity (Wildman–Crippen MR) is 95.5 cm³/mol. The summed E-state index contributed by atoms with van der Waals surface area (Å²) in [5, 5.41) is 0. The van der Waals surface area contributed by atoms with E-state index in [1.807, 2.05) is 30.3 Å². The Bertz CT molecular complexity index is 725. The fourth-order valence-corrected chi connectivity index (χ4v) is 4.15. The Balaban J connectivity index is 1.53. The highest BCUT2D eigenvalue weighted by atomic mass is 16.5. The quantitative estimate of drug-likeness (QED) is 0.821. The summed E-state index contributed by atoms with van der Waals surface area (Å²) in [5.74, 6) is 2.45. The first kappa shape index (κ1) is 16.2. The van der Waals surface area contributed by atoms with Gasteiger partial charge < -0.3 is 14.1 Å². The smallest absolute Gasteiger partial charge is 0.226 e. The lowest BCUT2D eigenvalue weighted by Crippen LogP contribution is -2.36. The number of hydrogen-bond donors (Lipinski definition) is 0. The highest BCUT2D eigenvalue weighted by Gasteiger charge is 2.48. The molecule has 0 radical (unpaired) electrons. The van der Waals surface area contributed by atoms with Gasteiger partial charge in [0.15, 0.2) is 0 Å². The van der Waals surface area contributed by atoms with Gasteiger partial charge >= 0.3 is 0 Å². The molecular formula is C21H25NO3. The highest BCUT2D eigenvalue weighted by molar-refractivity contribution is 5.83. The maximum atomic E-state index is 13.2. The monoisotopic (exact) mass is 339 g/mol. The number of nitrogens with zero attached hydrogens (tertiary/aromatic N) is 1. The molecule has 2 fully saturated rings.